The first-order valence-corrected chi connectivity index (χ1v) is 11.7. The number of carbonyl (C=O) groups excluding carboxylic acids is 4. The van der Waals surface area contributed by atoms with E-state index in [1.807, 2.05) is 0 Å². The summed E-state index contributed by atoms with van der Waals surface area (Å²) in [6.45, 7) is 1.76. The van der Waals surface area contributed by atoms with E-state index in [1.165, 1.54) is 41.4 Å². The largest absolute Gasteiger partial charge is 0.493 e. The zero-order valence-corrected chi connectivity index (χ0v) is 20.9. The van der Waals surface area contributed by atoms with Gasteiger partial charge in [0.2, 0.25) is 11.5 Å². The Morgan fingerprint density at radius 3 is 2.43 bits per heavy atom. The molecule has 2 aromatic rings. The highest BCUT2D eigenvalue weighted by Crippen LogP contribution is 2.70. The zero-order chi connectivity index (χ0) is 26.4. The SMILES string of the molecule is COC(=O)[C@]1(C)NC2=C(C1=O)[C@]13C[C@H]1CN(C(=O)c1cc4cc(OC)c(OC)c(OC)c4[nH]1)C3=CC2=O. The molecule has 1 saturated carbocycles. The molecule has 4 aliphatic rings. The van der Waals surface area contributed by atoms with Crippen molar-refractivity contribution in [1.82, 2.24) is 15.2 Å². The number of likely N-dealkylation sites (tertiary alicyclic amines) is 1. The van der Waals surface area contributed by atoms with Crippen LogP contribution in [0.2, 0.25) is 0 Å². The summed E-state index contributed by atoms with van der Waals surface area (Å²) in [5.74, 6) is -0.852. The lowest BCUT2D eigenvalue weighted by atomic mass is 9.80. The third-order valence-electron chi connectivity index (χ3n) is 8.01. The van der Waals surface area contributed by atoms with E-state index in [0.29, 0.717) is 46.8 Å². The number of nitrogens with zero attached hydrogens (tertiary/aromatic N) is 1. The monoisotopic (exact) mass is 507 g/mol. The number of carbonyl (C=O) groups is 4. The van der Waals surface area contributed by atoms with E-state index >= 15 is 0 Å². The highest BCUT2D eigenvalue weighted by molar-refractivity contribution is 6.26. The molecule has 2 N–H and O–H groups in total. The maximum absolute atomic E-state index is 13.8. The molecule has 0 radical (unpaired) electrons. The van der Waals surface area contributed by atoms with Crippen LogP contribution in [0.4, 0.5) is 0 Å². The van der Waals surface area contributed by atoms with E-state index in [0.717, 1.165) is 0 Å². The van der Waals surface area contributed by atoms with Crippen LogP contribution in [0.3, 0.4) is 0 Å². The summed E-state index contributed by atoms with van der Waals surface area (Å²) in [5.41, 5.74) is -0.733. The maximum Gasteiger partial charge on any atom is 0.339 e. The van der Waals surface area contributed by atoms with E-state index < -0.39 is 28.5 Å². The molecule has 6 rings (SSSR count). The molecule has 37 heavy (non-hydrogen) atoms. The van der Waals surface area contributed by atoms with Gasteiger partial charge in [0.05, 0.1) is 39.7 Å². The Kier molecular flexibility index (Phi) is 4.61. The molecule has 3 heterocycles. The van der Waals surface area contributed by atoms with E-state index in [4.69, 9.17) is 18.9 Å². The molecule has 1 spiro atoms. The summed E-state index contributed by atoms with van der Waals surface area (Å²) >= 11 is 0. The Morgan fingerprint density at radius 1 is 1.05 bits per heavy atom. The van der Waals surface area contributed by atoms with Crippen LogP contribution in [0.1, 0.15) is 23.8 Å². The molecule has 1 aromatic carbocycles. The molecule has 11 heteroatoms. The number of ether oxygens (including phenoxy) is 4. The highest BCUT2D eigenvalue weighted by Gasteiger charge is 2.73. The van der Waals surface area contributed by atoms with Gasteiger partial charge >= 0.3 is 5.97 Å². The number of benzene rings is 1. The van der Waals surface area contributed by atoms with Crippen molar-refractivity contribution < 1.29 is 38.1 Å². The third-order valence-corrected chi connectivity index (χ3v) is 8.01. The Morgan fingerprint density at radius 2 is 1.78 bits per heavy atom. The Balaban J connectivity index is 1.38. The van der Waals surface area contributed by atoms with Gasteiger partial charge in [-0.1, -0.05) is 0 Å². The number of ketones is 2. The van der Waals surface area contributed by atoms with Gasteiger partial charge in [-0.2, -0.15) is 0 Å². The van der Waals surface area contributed by atoms with E-state index in [1.54, 1.807) is 17.0 Å². The normalized spacial score (nSPS) is 27.3. The Labute approximate surface area is 211 Å². The number of Topliss-reactive ketones (excluding diaryl/α,β-unsaturated/α-hetero) is 1. The van der Waals surface area contributed by atoms with Crippen LogP contribution < -0.4 is 19.5 Å². The summed E-state index contributed by atoms with van der Waals surface area (Å²) < 4.78 is 21.2. The van der Waals surface area contributed by atoms with Gasteiger partial charge in [0.25, 0.3) is 5.91 Å². The number of rotatable bonds is 5. The lowest BCUT2D eigenvalue weighted by Gasteiger charge is -2.28. The number of piperidine rings is 1. The van der Waals surface area contributed by atoms with Crippen molar-refractivity contribution in [3.8, 4) is 17.2 Å². The number of hydrogen-bond acceptors (Lipinski definition) is 9. The van der Waals surface area contributed by atoms with Crippen LogP contribution in [0.25, 0.3) is 10.9 Å². The van der Waals surface area contributed by atoms with Crippen LogP contribution in [0.5, 0.6) is 17.2 Å². The van der Waals surface area contributed by atoms with Gasteiger partial charge in [0.15, 0.2) is 22.8 Å². The average Bonchev–Trinajstić information content (AvgIpc) is 3.15. The van der Waals surface area contributed by atoms with Crippen LogP contribution in [-0.2, 0) is 19.1 Å². The van der Waals surface area contributed by atoms with Crippen LogP contribution >= 0.6 is 0 Å². The molecule has 11 nitrogen and oxygen atoms in total. The van der Waals surface area contributed by atoms with Gasteiger partial charge < -0.3 is 34.1 Å². The van der Waals surface area contributed by atoms with Gasteiger partial charge in [-0.3, -0.25) is 14.4 Å². The third kappa shape index (κ3) is 2.71. The summed E-state index contributed by atoms with van der Waals surface area (Å²) in [5, 5.41) is 3.51. The molecule has 1 amide bonds. The van der Waals surface area contributed by atoms with Crippen molar-refractivity contribution in [2.45, 2.75) is 18.9 Å². The number of H-pyrrole nitrogens is 1. The smallest absolute Gasteiger partial charge is 0.339 e. The van der Waals surface area contributed by atoms with Crippen molar-refractivity contribution >= 4 is 34.3 Å². The Bertz CT molecular complexity index is 1520. The number of methoxy groups -OCH3 is 4. The molecule has 192 valence electrons. The number of aromatic amines is 1. The summed E-state index contributed by atoms with van der Waals surface area (Å²) in [6, 6.07) is 3.43. The fourth-order valence-corrected chi connectivity index (χ4v) is 6.15. The molecular formula is C26H25N3O8. The van der Waals surface area contributed by atoms with Gasteiger partial charge in [-0.25, -0.2) is 4.79 Å². The quantitative estimate of drug-likeness (QED) is 0.456. The molecule has 0 bridgehead atoms. The summed E-state index contributed by atoms with van der Waals surface area (Å²) in [4.78, 5) is 57.5. The number of allylic oxidation sites excluding steroid dienone is 2. The lowest BCUT2D eigenvalue weighted by Crippen LogP contribution is -2.52. The molecule has 1 aromatic heterocycles. The predicted octanol–water partition coefficient (Wildman–Crippen LogP) is 1.48. The van der Waals surface area contributed by atoms with Crippen molar-refractivity contribution in [1.29, 1.82) is 0 Å². The van der Waals surface area contributed by atoms with Crippen molar-refractivity contribution in [2.75, 3.05) is 35.0 Å². The van der Waals surface area contributed by atoms with E-state index in [9.17, 15) is 19.2 Å². The topological polar surface area (TPSA) is 136 Å². The fraction of sp³-hybridized carbons (Fsp3) is 0.385. The predicted molar refractivity (Wildman–Crippen MR) is 128 cm³/mol. The molecule has 2 aliphatic carbocycles. The number of nitrogens with one attached hydrogen (secondary N) is 2. The van der Waals surface area contributed by atoms with Crippen molar-refractivity contribution in [3.05, 3.63) is 40.9 Å². The fourth-order valence-electron chi connectivity index (χ4n) is 6.15. The second kappa shape index (κ2) is 7.37. The summed E-state index contributed by atoms with van der Waals surface area (Å²) in [6.07, 6.45) is 2.02. The number of fused-ring (bicyclic) bond motifs is 1. The van der Waals surface area contributed by atoms with Crippen molar-refractivity contribution in [3.63, 3.8) is 0 Å². The minimum atomic E-state index is -1.68. The highest BCUT2D eigenvalue weighted by atomic mass is 16.5. The molecular weight excluding hydrogens is 482 g/mol. The molecule has 0 unspecified atom stereocenters. The lowest BCUT2D eigenvalue weighted by molar-refractivity contribution is -0.150. The molecule has 1 saturated heterocycles. The average molecular weight is 507 g/mol. The number of esters is 1. The molecule has 3 atom stereocenters. The maximum atomic E-state index is 13.8. The number of aromatic nitrogens is 1. The first-order valence-electron chi connectivity index (χ1n) is 11.7. The van der Waals surface area contributed by atoms with E-state index in [2.05, 4.69) is 10.3 Å². The van der Waals surface area contributed by atoms with Gasteiger partial charge in [-0.15, -0.1) is 0 Å². The first-order chi connectivity index (χ1) is 17.7. The molecule has 2 aliphatic heterocycles. The van der Waals surface area contributed by atoms with Crippen LogP contribution in [0, 0.1) is 11.3 Å². The minimum absolute atomic E-state index is 0.0364. The molecule has 2 fully saturated rings. The van der Waals surface area contributed by atoms with Gasteiger partial charge in [0.1, 0.15) is 5.69 Å². The zero-order valence-electron chi connectivity index (χ0n) is 20.9. The van der Waals surface area contributed by atoms with Crippen LogP contribution in [0.15, 0.2) is 35.2 Å². The number of amides is 1. The summed E-state index contributed by atoms with van der Waals surface area (Å²) in [7, 11) is 5.70. The second-order valence-corrected chi connectivity index (χ2v) is 9.80. The standard InChI is InChI=1S/C26H25N3O8/c1-25(24(33)37-5)22(31)17-19(28-25)14(30)8-16-26(17)9-12(26)10-29(16)23(32)13-6-11-7-15(34-2)20(35-3)21(36-4)18(11)27-13/h6-8,12,27-28H,9-10H2,1-5H3/t12-,25+,26+/m0/s1. The van der Waals surface area contributed by atoms with E-state index in [-0.39, 0.29) is 28.8 Å². The van der Waals surface area contributed by atoms with Gasteiger partial charge in [-0.05, 0) is 31.4 Å². The minimum Gasteiger partial charge on any atom is -0.493 e. The van der Waals surface area contributed by atoms with Crippen LogP contribution in [-0.4, -0.2) is 73.8 Å². The van der Waals surface area contributed by atoms with Gasteiger partial charge in [0, 0.05) is 34.7 Å². The Hall–Kier alpha value is -4.28. The number of hydrogen-bond donors (Lipinski definition) is 2. The first kappa shape index (κ1) is 23.1. The van der Waals surface area contributed by atoms with Crippen molar-refractivity contribution in [2.24, 2.45) is 11.3 Å². The second-order valence-electron chi connectivity index (χ2n) is 9.80.